The van der Waals surface area contributed by atoms with Crippen molar-refractivity contribution < 1.29 is 14.3 Å². The van der Waals surface area contributed by atoms with Gasteiger partial charge in [0.15, 0.2) is 0 Å². The van der Waals surface area contributed by atoms with E-state index < -0.39 is 0 Å². The first kappa shape index (κ1) is 23.5. The molecule has 3 aromatic rings. The highest BCUT2D eigenvalue weighted by Gasteiger charge is 2.17. The van der Waals surface area contributed by atoms with Gasteiger partial charge >= 0.3 is 0 Å². The molecular formula is C24H28IN5O3. The number of aromatic nitrogens is 2. The van der Waals surface area contributed by atoms with E-state index in [2.05, 4.69) is 43.2 Å². The molecule has 9 heteroatoms. The summed E-state index contributed by atoms with van der Waals surface area (Å²) >= 11 is 2.27. The Bertz CT molecular complexity index is 1050. The van der Waals surface area contributed by atoms with Crippen molar-refractivity contribution in [2.75, 3.05) is 56.6 Å². The zero-order valence-corrected chi connectivity index (χ0v) is 20.7. The highest BCUT2D eigenvalue weighted by atomic mass is 127. The number of ether oxygens (including phenoxy) is 2. The van der Waals surface area contributed by atoms with E-state index in [1.807, 2.05) is 66.5 Å². The quantitative estimate of drug-likeness (QED) is 0.390. The summed E-state index contributed by atoms with van der Waals surface area (Å²) in [5.74, 6) is 0.649. The molecule has 0 aliphatic carbocycles. The number of nitrogens with zero attached hydrogens (tertiary/aromatic N) is 3. The van der Waals surface area contributed by atoms with Crippen LogP contribution in [0.5, 0.6) is 5.75 Å². The molecule has 1 saturated heterocycles. The molecule has 2 N–H and O–H groups in total. The predicted octanol–water partition coefficient (Wildman–Crippen LogP) is 3.45. The Kier molecular flexibility index (Phi) is 8.19. The Balaban J connectivity index is 1.46. The van der Waals surface area contributed by atoms with Gasteiger partial charge in [-0.25, -0.2) is 0 Å². The molecule has 0 radical (unpaired) electrons. The lowest BCUT2D eigenvalue weighted by Crippen LogP contribution is -2.38. The minimum atomic E-state index is -0.120. The smallest absolute Gasteiger partial charge is 0.243 e. The minimum absolute atomic E-state index is 0.120. The summed E-state index contributed by atoms with van der Waals surface area (Å²) in [5, 5.41) is 10.5. The van der Waals surface area contributed by atoms with Crippen LogP contribution in [0.15, 0.2) is 54.7 Å². The standard InChI is InChI=1S/C24H28IN5O3/c1-29-24(21(25)16-27-29)20-15-19(28-23(31)17-26-18-5-3-2-4-6-18)7-8-22(20)33-14-11-30-9-12-32-13-10-30/h2-8,15-16,26H,9-14,17H2,1H3,(H,28,31). The van der Waals surface area contributed by atoms with Crippen molar-refractivity contribution in [3.63, 3.8) is 0 Å². The van der Waals surface area contributed by atoms with Crippen LogP contribution < -0.4 is 15.4 Å². The predicted molar refractivity (Wildman–Crippen MR) is 138 cm³/mol. The maximum Gasteiger partial charge on any atom is 0.243 e. The Hall–Kier alpha value is -2.63. The van der Waals surface area contributed by atoms with Gasteiger partial charge in [-0.3, -0.25) is 14.4 Å². The number of hydrogen-bond donors (Lipinski definition) is 2. The molecule has 0 unspecified atom stereocenters. The van der Waals surface area contributed by atoms with E-state index in [1.165, 1.54) is 0 Å². The summed E-state index contributed by atoms with van der Waals surface area (Å²) in [5.41, 5.74) is 3.47. The van der Waals surface area contributed by atoms with Gasteiger partial charge in [0.25, 0.3) is 0 Å². The van der Waals surface area contributed by atoms with E-state index in [4.69, 9.17) is 9.47 Å². The van der Waals surface area contributed by atoms with Crippen LogP contribution in [0, 0.1) is 3.57 Å². The maximum absolute atomic E-state index is 12.5. The van der Waals surface area contributed by atoms with Crippen molar-refractivity contribution in [2.24, 2.45) is 7.05 Å². The molecule has 1 aliphatic rings. The summed E-state index contributed by atoms with van der Waals surface area (Å²) in [6.45, 7) is 5.00. The number of halogens is 1. The van der Waals surface area contributed by atoms with Gasteiger partial charge in [-0.15, -0.1) is 0 Å². The number of carbonyl (C=O) groups excluding carboxylic acids is 1. The normalized spacial score (nSPS) is 14.1. The number of aryl methyl sites for hydroxylation is 1. The first-order valence-electron chi connectivity index (χ1n) is 10.9. The van der Waals surface area contributed by atoms with Crippen molar-refractivity contribution in [3.8, 4) is 17.0 Å². The first-order chi connectivity index (χ1) is 16.1. The van der Waals surface area contributed by atoms with Crippen LogP contribution in [0.2, 0.25) is 0 Å². The van der Waals surface area contributed by atoms with Crippen molar-refractivity contribution >= 4 is 39.9 Å². The molecule has 1 aromatic heterocycles. The third-order valence-corrected chi connectivity index (χ3v) is 6.20. The van der Waals surface area contributed by atoms with Crippen LogP contribution in [0.1, 0.15) is 0 Å². The van der Waals surface area contributed by atoms with Crippen LogP contribution in [0.25, 0.3) is 11.3 Å². The molecule has 0 bridgehead atoms. The number of amides is 1. The second-order valence-electron chi connectivity index (χ2n) is 7.75. The molecule has 2 aromatic carbocycles. The molecule has 4 rings (SSSR count). The Morgan fingerprint density at radius 2 is 1.94 bits per heavy atom. The van der Waals surface area contributed by atoms with Gasteiger partial charge < -0.3 is 20.1 Å². The number of rotatable bonds is 9. The Morgan fingerprint density at radius 3 is 2.67 bits per heavy atom. The van der Waals surface area contributed by atoms with Crippen LogP contribution in [-0.2, 0) is 16.6 Å². The molecular weight excluding hydrogens is 533 g/mol. The Morgan fingerprint density at radius 1 is 1.15 bits per heavy atom. The van der Waals surface area contributed by atoms with Gasteiger partial charge in [0, 0.05) is 43.6 Å². The van der Waals surface area contributed by atoms with E-state index in [0.29, 0.717) is 12.3 Å². The average Bonchev–Trinajstić information content (AvgIpc) is 3.17. The molecule has 1 fully saturated rings. The molecule has 33 heavy (non-hydrogen) atoms. The number of para-hydroxylation sites is 1. The molecule has 0 spiro atoms. The lowest BCUT2D eigenvalue weighted by Gasteiger charge is -2.26. The fourth-order valence-corrected chi connectivity index (χ4v) is 4.45. The number of nitrogens with one attached hydrogen (secondary N) is 2. The summed E-state index contributed by atoms with van der Waals surface area (Å²) < 4.78 is 14.4. The molecule has 0 atom stereocenters. The van der Waals surface area contributed by atoms with Crippen LogP contribution in [-0.4, -0.2) is 66.6 Å². The topological polar surface area (TPSA) is 80.7 Å². The first-order valence-corrected chi connectivity index (χ1v) is 12.0. The zero-order valence-electron chi connectivity index (χ0n) is 18.6. The minimum Gasteiger partial charge on any atom is -0.492 e. The van der Waals surface area contributed by atoms with Crippen LogP contribution in [0.4, 0.5) is 11.4 Å². The second-order valence-corrected chi connectivity index (χ2v) is 8.91. The maximum atomic E-state index is 12.5. The zero-order chi connectivity index (χ0) is 23.0. The number of carbonyl (C=O) groups is 1. The van der Waals surface area contributed by atoms with Gasteiger partial charge in [0.05, 0.1) is 35.2 Å². The fraction of sp³-hybridized carbons (Fsp3) is 0.333. The van der Waals surface area contributed by atoms with Gasteiger partial charge in [0.1, 0.15) is 12.4 Å². The molecule has 174 valence electrons. The van der Waals surface area contributed by atoms with Crippen molar-refractivity contribution in [3.05, 3.63) is 58.3 Å². The lowest BCUT2D eigenvalue weighted by molar-refractivity contribution is -0.114. The van der Waals surface area contributed by atoms with Gasteiger partial charge in [-0.2, -0.15) is 5.10 Å². The van der Waals surface area contributed by atoms with Crippen molar-refractivity contribution in [1.29, 1.82) is 0 Å². The highest BCUT2D eigenvalue weighted by molar-refractivity contribution is 14.1. The summed E-state index contributed by atoms with van der Waals surface area (Å²) in [6, 6.07) is 15.4. The van der Waals surface area contributed by atoms with Crippen molar-refractivity contribution in [2.45, 2.75) is 0 Å². The number of anilines is 2. The molecule has 0 saturated carbocycles. The fourth-order valence-electron chi connectivity index (χ4n) is 3.69. The van der Waals surface area contributed by atoms with E-state index in [9.17, 15) is 4.79 Å². The van der Waals surface area contributed by atoms with E-state index in [1.54, 1.807) is 0 Å². The van der Waals surface area contributed by atoms with E-state index >= 15 is 0 Å². The summed E-state index contributed by atoms with van der Waals surface area (Å²) in [6.07, 6.45) is 1.82. The number of morpholine rings is 1. The monoisotopic (exact) mass is 561 g/mol. The van der Waals surface area contributed by atoms with Crippen LogP contribution >= 0.6 is 22.6 Å². The van der Waals surface area contributed by atoms with Crippen molar-refractivity contribution in [1.82, 2.24) is 14.7 Å². The van der Waals surface area contributed by atoms with Crippen LogP contribution in [0.3, 0.4) is 0 Å². The van der Waals surface area contributed by atoms with Gasteiger partial charge in [-0.05, 0) is 52.9 Å². The van der Waals surface area contributed by atoms with Gasteiger partial charge in [0.2, 0.25) is 5.91 Å². The molecule has 8 nitrogen and oxygen atoms in total. The van der Waals surface area contributed by atoms with Gasteiger partial charge in [-0.1, -0.05) is 18.2 Å². The Labute approximate surface area is 207 Å². The lowest BCUT2D eigenvalue weighted by atomic mass is 10.1. The summed E-state index contributed by atoms with van der Waals surface area (Å²) in [7, 11) is 1.91. The summed E-state index contributed by atoms with van der Waals surface area (Å²) in [4.78, 5) is 14.8. The highest BCUT2D eigenvalue weighted by Crippen LogP contribution is 2.35. The number of benzene rings is 2. The largest absolute Gasteiger partial charge is 0.492 e. The molecule has 1 amide bonds. The number of hydrogen-bond acceptors (Lipinski definition) is 6. The third-order valence-electron chi connectivity index (χ3n) is 5.41. The SMILES string of the molecule is Cn1ncc(I)c1-c1cc(NC(=O)CNc2ccccc2)ccc1OCCN1CCOCC1. The van der Waals surface area contributed by atoms with E-state index in [0.717, 1.165) is 59.1 Å². The van der Waals surface area contributed by atoms with E-state index in [-0.39, 0.29) is 12.5 Å². The average molecular weight is 561 g/mol. The second kappa shape index (κ2) is 11.5. The molecule has 2 heterocycles. The molecule has 1 aliphatic heterocycles. The third kappa shape index (κ3) is 6.46.